The van der Waals surface area contributed by atoms with E-state index in [4.69, 9.17) is 9.84 Å². The quantitative estimate of drug-likeness (QED) is 0.888. The van der Waals surface area contributed by atoms with Crippen molar-refractivity contribution >= 4 is 11.8 Å². The molecule has 0 fully saturated rings. The molecule has 2 rings (SSSR count). The summed E-state index contributed by atoms with van der Waals surface area (Å²) in [6.07, 6.45) is 1.95. The fraction of sp³-hybridized carbons (Fsp3) is 0.429. The first-order valence-electron chi connectivity index (χ1n) is 6.05. The van der Waals surface area contributed by atoms with Crippen LogP contribution in [0.1, 0.15) is 35.2 Å². The van der Waals surface area contributed by atoms with Gasteiger partial charge in [0.05, 0.1) is 7.11 Å². The van der Waals surface area contributed by atoms with Gasteiger partial charge in [0.1, 0.15) is 5.75 Å². The second kappa shape index (κ2) is 5.21. The fourth-order valence-corrected chi connectivity index (χ4v) is 2.49. The van der Waals surface area contributed by atoms with Crippen molar-refractivity contribution in [1.29, 1.82) is 0 Å². The molecule has 4 nitrogen and oxygen atoms in total. The Labute approximate surface area is 106 Å². The molecule has 1 aliphatic rings. The number of benzene rings is 1. The minimum Gasteiger partial charge on any atom is -0.496 e. The number of methoxy groups -OCH3 is 1. The highest BCUT2D eigenvalue weighted by Gasteiger charge is 2.29. The molecule has 1 unspecified atom stereocenters. The van der Waals surface area contributed by atoms with Crippen LogP contribution in [-0.2, 0) is 11.2 Å². The first-order chi connectivity index (χ1) is 8.63. The van der Waals surface area contributed by atoms with Gasteiger partial charge in [0.25, 0.3) is 0 Å². The Morgan fingerprint density at radius 1 is 1.50 bits per heavy atom. The molecule has 0 saturated heterocycles. The summed E-state index contributed by atoms with van der Waals surface area (Å²) in [6, 6.07) is 5.45. The maximum Gasteiger partial charge on any atom is 0.303 e. The summed E-state index contributed by atoms with van der Waals surface area (Å²) in [5.41, 5.74) is 1.65. The van der Waals surface area contributed by atoms with Crippen LogP contribution in [0.2, 0.25) is 0 Å². The van der Waals surface area contributed by atoms with E-state index < -0.39 is 5.97 Å². The van der Waals surface area contributed by atoms with E-state index in [2.05, 4.69) is 0 Å². The van der Waals surface area contributed by atoms with E-state index in [1.165, 1.54) is 0 Å². The molecule has 1 N–H and O–H groups in total. The molecule has 96 valence electrons. The Morgan fingerprint density at radius 3 is 2.94 bits per heavy atom. The van der Waals surface area contributed by atoms with Crippen LogP contribution < -0.4 is 4.74 Å². The summed E-state index contributed by atoms with van der Waals surface area (Å²) in [4.78, 5) is 22.8. The highest BCUT2D eigenvalue weighted by atomic mass is 16.5. The average molecular weight is 248 g/mol. The lowest BCUT2D eigenvalue weighted by Gasteiger charge is -2.24. The highest BCUT2D eigenvalue weighted by molar-refractivity contribution is 6.00. The number of carboxylic acids is 1. The van der Waals surface area contributed by atoms with Crippen molar-refractivity contribution in [2.75, 3.05) is 7.11 Å². The zero-order valence-corrected chi connectivity index (χ0v) is 10.3. The molecule has 4 heteroatoms. The van der Waals surface area contributed by atoms with Gasteiger partial charge in [-0.25, -0.2) is 0 Å². The number of aliphatic carboxylic acids is 1. The minimum atomic E-state index is -0.848. The summed E-state index contributed by atoms with van der Waals surface area (Å²) < 4.78 is 5.25. The van der Waals surface area contributed by atoms with Gasteiger partial charge in [0, 0.05) is 23.5 Å². The molecule has 18 heavy (non-hydrogen) atoms. The number of rotatable bonds is 4. The van der Waals surface area contributed by atoms with Gasteiger partial charge < -0.3 is 9.84 Å². The average Bonchev–Trinajstić information content (AvgIpc) is 2.37. The van der Waals surface area contributed by atoms with Crippen LogP contribution in [0.3, 0.4) is 0 Å². The molecule has 1 aromatic rings. The number of fused-ring (bicyclic) bond motifs is 1. The van der Waals surface area contributed by atoms with E-state index in [0.29, 0.717) is 18.4 Å². The molecule has 1 aromatic carbocycles. The predicted molar refractivity (Wildman–Crippen MR) is 66.0 cm³/mol. The summed E-state index contributed by atoms with van der Waals surface area (Å²) in [6.45, 7) is 0. The van der Waals surface area contributed by atoms with Crippen LogP contribution in [0.4, 0.5) is 0 Å². The van der Waals surface area contributed by atoms with Gasteiger partial charge in [-0.3, -0.25) is 9.59 Å². The fourth-order valence-electron chi connectivity index (χ4n) is 2.49. The number of carbonyl (C=O) groups is 2. The Morgan fingerprint density at radius 2 is 2.28 bits per heavy atom. The number of hydrogen-bond acceptors (Lipinski definition) is 3. The largest absolute Gasteiger partial charge is 0.496 e. The molecule has 0 radical (unpaired) electrons. The van der Waals surface area contributed by atoms with Gasteiger partial charge in [0.2, 0.25) is 0 Å². The van der Waals surface area contributed by atoms with Crippen LogP contribution in [0.25, 0.3) is 0 Å². The monoisotopic (exact) mass is 248 g/mol. The molecule has 0 amide bonds. The van der Waals surface area contributed by atoms with E-state index in [9.17, 15) is 9.59 Å². The summed E-state index contributed by atoms with van der Waals surface area (Å²) in [5, 5.41) is 8.68. The highest BCUT2D eigenvalue weighted by Crippen LogP contribution is 2.33. The molecule has 0 bridgehead atoms. The van der Waals surface area contributed by atoms with Crippen LogP contribution in [-0.4, -0.2) is 24.0 Å². The molecule has 0 saturated carbocycles. The van der Waals surface area contributed by atoms with Gasteiger partial charge in [-0.2, -0.15) is 0 Å². The van der Waals surface area contributed by atoms with Crippen molar-refractivity contribution in [3.8, 4) is 5.75 Å². The summed E-state index contributed by atoms with van der Waals surface area (Å²) >= 11 is 0. The number of hydrogen-bond donors (Lipinski definition) is 1. The first kappa shape index (κ1) is 12.6. The van der Waals surface area contributed by atoms with Crippen molar-refractivity contribution < 1.29 is 19.4 Å². The third-order valence-electron chi connectivity index (χ3n) is 3.44. The number of carbonyl (C=O) groups excluding carboxylic acids is 1. The summed E-state index contributed by atoms with van der Waals surface area (Å²) in [7, 11) is 1.59. The molecular formula is C14H16O4. The van der Waals surface area contributed by atoms with Crippen molar-refractivity contribution in [3.63, 3.8) is 0 Å². The van der Waals surface area contributed by atoms with Crippen molar-refractivity contribution in [1.82, 2.24) is 0 Å². The lowest BCUT2D eigenvalue weighted by molar-refractivity contribution is -0.137. The van der Waals surface area contributed by atoms with Crippen LogP contribution >= 0.6 is 0 Å². The Kier molecular flexibility index (Phi) is 3.65. The molecule has 0 aliphatic heterocycles. The Balaban J connectivity index is 2.21. The van der Waals surface area contributed by atoms with E-state index >= 15 is 0 Å². The number of ketones is 1. The number of carboxylic acid groups (broad SMARTS) is 1. The lowest BCUT2D eigenvalue weighted by atomic mass is 9.80. The SMILES string of the molecule is COc1cccc2c1CCC(CCC(=O)O)C2=O. The van der Waals surface area contributed by atoms with Gasteiger partial charge in [-0.15, -0.1) is 0 Å². The Bertz CT molecular complexity index is 479. The van der Waals surface area contributed by atoms with Crippen molar-refractivity contribution in [3.05, 3.63) is 29.3 Å². The number of Topliss-reactive ketones (excluding diaryl/α,β-unsaturated/α-hetero) is 1. The van der Waals surface area contributed by atoms with E-state index in [1.54, 1.807) is 19.2 Å². The third kappa shape index (κ3) is 2.37. The van der Waals surface area contributed by atoms with Gasteiger partial charge in [0.15, 0.2) is 5.78 Å². The molecule has 0 spiro atoms. The first-order valence-corrected chi connectivity index (χ1v) is 6.05. The Hall–Kier alpha value is -1.84. The zero-order valence-electron chi connectivity index (χ0n) is 10.3. The minimum absolute atomic E-state index is 0.0513. The van der Waals surface area contributed by atoms with Gasteiger partial charge in [-0.1, -0.05) is 12.1 Å². The second-order valence-corrected chi connectivity index (χ2v) is 4.52. The smallest absolute Gasteiger partial charge is 0.303 e. The van der Waals surface area contributed by atoms with E-state index in [-0.39, 0.29) is 18.1 Å². The third-order valence-corrected chi connectivity index (χ3v) is 3.44. The molecule has 0 aromatic heterocycles. The standard InChI is InChI=1S/C14H16O4/c1-18-12-4-2-3-11-10(12)7-5-9(14(11)17)6-8-13(15)16/h2-4,9H,5-8H2,1H3,(H,15,16). The van der Waals surface area contributed by atoms with Crippen LogP contribution in [0.15, 0.2) is 18.2 Å². The second-order valence-electron chi connectivity index (χ2n) is 4.52. The summed E-state index contributed by atoms with van der Waals surface area (Å²) in [5.74, 6) is -0.214. The van der Waals surface area contributed by atoms with Crippen molar-refractivity contribution in [2.45, 2.75) is 25.7 Å². The van der Waals surface area contributed by atoms with Crippen LogP contribution in [0.5, 0.6) is 5.75 Å². The molecule has 1 atom stereocenters. The maximum atomic E-state index is 12.2. The maximum absolute atomic E-state index is 12.2. The topological polar surface area (TPSA) is 63.6 Å². The molecule has 0 heterocycles. The van der Waals surface area contributed by atoms with E-state index in [1.807, 2.05) is 6.07 Å². The normalized spacial score (nSPS) is 18.3. The lowest BCUT2D eigenvalue weighted by Crippen LogP contribution is -2.23. The van der Waals surface area contributed by atoms with Crippen LogP contribution in [0, 0.1) is 5.92 Å². The van der Waals surface area contributed by atoms with Gasteiger partial charge in [-0.05, 0) is 25.3 Å². The predicted octanol–water partition coefficient (Wildman–Crippen LogP) is 2.31. The zero-order chi connectivity index (χ0) is 13.1. The van der Waals surface area contributed by atoms with Gasteiger partial charge >= 0.3 is 5.97 Å². The van der Waals surface area contributed by atoms with E-state index in [0.717, 1.165) is 17.7 Å². The van der Waals surface area contributed by atoms with Crippen molar-refractivity contribution in [2.24, 2.45) is 5.92 Å². The molecule has 1 aliphatic carbocycles. The number of ether oxygens (including phenoxy) is 1. The molecular weight excluding hydrogens is 232 g/mol.